The Kier molecular flexibility index (Phi) is 5.04. The highest BCUT2D eigenvalue weighted by atomic mass is 16.6. The number of hydrogen-bond acceptors (Lipinski definition) is 10. The summed E-state index contributed by atoms with van der Waals surface area (Å²) in [5, 5.41) is 35.4. The van der Waals surface area contributed by atoms with Crippen LogP contribution in [0.2, 0.25) is 0 Å². The second-order valence-electron chi connectivity index (χ2n) is 9.03. The first-order valence-corrected chi connectivity index (χ1v) is 10.9. The number of phenolic OH excluding ortho intramolecular Hbond substituents is 1. The lowest BCUT2D eigenvalue weighted by molar-refractivity contribution is -0.169. The highest BCUT2D eigenvalue weighted by Crippen LogP contribution is 2.51. The number of ketones is 3. The number of aliphatic hydroxyl groups excluding tert-OH is 1. The third kappa shape index (κ3) is 3.17. The molecule has 1 aromatic carbocycles. The maximum absolute atomic E-state index is 13.4. The number of fused-ring (bicyclic) bond motifs is 3. The number of aliphatic hydroxyl groups is 2. The topological polar surface area (TPSA) is 205 Å². The number of Topliss-reactive ketones (excluding diaryl/α,β-unsaturated/α-hetero) is 3. The fourth-order valence-electron chi connectivity index (χ4n) is 5.48. The summed E-state index contributed by atoms with van der Waals surface area (Å²) in [7, 11) is 0. The predicted molar refractivity (Wildman–Crippen MR) is 116 cm³/mol. The van der Waals surface area contributed by atoms with E-state index in [1.807, 2.05) is 0 Å². The summed E-state index contributed by atoms with van der Waals surface area (Å²) in [6.45, 7) is 0.200. The third-order valence-corrected chi connectivity index (χ3v) is 7.13. The van der Waals surface area contributed by atoms with Crippen LogP contribution in [0.1, 0.15) is 24.0 Å². The number of benzene rings is 1. The van der Waals surface area contributed by atoms with Gasteiger partial charge in [0.15, 0.2) is 23.1 Å². The molecule has 1 heterocycles. The largest absolute Gasteiger partial charge is 0.507 e. The molecule has 35 heavy (non-hydrogen) atoms. The fourth-order valence-corrected chi connectivity index (χ4v) is 5.48. The van der Waals surface area contributed by atoms with E-state index in [0.717, 1.165) is 0 Å². The van der Waals surface area contributed by atoms with Gasteiger partial charge in [-0.25, -0.2) is 0 Å². The van der Waals surface area contributed by atoms with E-state index >= 15 is 0 Å². The zero-order chi connectivity index (χ0) is 25.2. The van der Waals surface area contributed by atoms with Crippen molar-refractivity contribution in [2.24, 2.45) is 23.5 Å². The molecule has 12 heteroatoms. The van der Waals surface area contributed by atoms with Gasteiger partial charge in [-0.15, -0.1) is 0 Å². The molecule has 2 saturated carbocycles. The number of carbonyl (C=O) groups excluding carboxylic acids is 5. The molecule has 5 rings (SSSR count). The maximum Gasteiger partial charge on any atom is 0.273 e. The first-order chi connectivity index (χ1) is 16.6. The average molecular weight is 483 g/mol. The lowest BCUT2D eigenvalue weighted by atomic mass is 9.56. The van der Waals surface area contributed by atoms with Crippen LogP contribution in [0, 0.1) is 17.8 Å². The number of hydrogen-bond donors (Lipinski definition) is 6. The highest BCUT2D eigenvalue weighted by Gasteiger charge is 2.64. The van der Waals surface area contributed by atoms with Crippen molar-refractivity contribution in [3.05, 3.63) is 40.6 Å². The highest BCUT2D eigenvalue weighted by molar-refractivity contribution is 6.31. The molecule has 182 valence electrons. The number of anilines is 1. The van der Waals surface area contributed by atoms with Crippen LogP contribution in [0.5, 0.6) is 5.75 Å². The summed E-state index contributed by atoms with van der Waals surface area (Å²) in [6, 6.07) is 2.66. The molecule has 2 amide bonds. The Bertz CT molecular complexity index is 1300. The van der Waals surface area contributed by atoms with Gasteiger partial charge in [-0.3, -0.25) is 34.3 Å². The van der Waals surface area contributed by atoms with Gasteiger partial charge < -0.3 is 26.4 Å². The van der Waals surface area contributed by atoms with Crippen molar-refractivity contribution in [3.63, 3.8) is 0 Å². The van der Waals surface area contributed by atoms with Gasteiger partial charge in [-0.05, 0) is 42.5 Å². The second kappa shape index (κ2) is 7.75. The Morgan fingerprint density at radius 2 is 1.91 bits per heavy atom. The molecule has 0 aromatic heterocycles. The number of hydroxylamine groups is 1. The normalized spacial score (nSPS) is 29.6. The molecule has 3 aliphatic carbocycles. The van der Waals surface area contributed by atoms with E-state index in [-0.39, 0.29) is 47.7 Å². The van der Waals surface area contributed by atoms with E-state index < -0.39 is 64.7 Å². The molecule has 0 bridgehead atoms. The van der Waals surface area contributed by atoms with Crippen molar-refractivity contribution >= 4 is 40.6 Å². The number of carbonyl (C=O) groups is 5. The Morgan fingerprint density at radius 3 is 2.57 bits per heavy atom. The number of rotatable bonds is 3. The molecular formula is C23H21N3O9. The Morgan fingerprint density at radius 1 is 1.17 bits per heavy atom. The van der Waals surface area contributed by atoms with Gasteiger partial charge in [-0.2, -0.15) is 0 Å². The first kappa shape index (κ1) is 22.7. The monoisotopic (exact) mass is 483 g/mol. The van der Waals surface area contributed by atoms with Crippen LogP contribution in [0.4, 0.5) is 5.69 Å². The van der Waals surface area contributed by atoms with E-state index in [4.69, 9.17) is 10.6 Å². The summed E-state index contributed by atoms with van der Waals surface area (Å²) in [4.78, 5) is 67.9. The fraction of sp³-hybridized carbons (Fsp3) is 0.348. The molecular weight excluding hydrogens is 462 g/mol. The van der Waals surface area contributed by atoms with E-state index in [1.165, 1.54) is 18.2 Å². The molecule has 0 spiro atoms. The lowest BCUT2D eigenvalue weighted by Crippen LogP contribution is -2.65. The predicted octanol–water partition coefficient (Wildman–Crippen LogP) is -0.846. The van der Waals surface area contributed by atoms with E-state index in [1.54, 1.807) is 0 Å². The number of aromatic hydroxyl groups is 1. The summed E-state index contributed by atoms with van der Waals surface area (Å²) < 4.78 is 0. The summed E-state index contributed by atoms with van der Waals surface area (Å²) in [5.74, 6) is -9.82. The van der Waals surface area contributed by atoms with E-state index in [9.17, 15) is 39.3 Å². The van der Waals surface area contributed by atoms with Gasteiger partial charge in [0.05, 0.1) is 12.2 Å². The van der Waals surface area contributed by atoms with Crippen molar-refractivity contribution in [2.45, 2.75) is 24.9 Å². The molecule has 1 aromatic rings. The number of primary amides is 1. The molecule has 4 atom stereocenters. The number of nitrogens with two attached hydrogens (primary N) is 1. The van der Waals surface area contributed by atoms with Crippen LogP contribution in [0.15, 0.2) is 29.5 Å². The van der Waals surface area contributed by atoms with E-state index in [0.29, 0.717) is 5.56 Å². The molecule has 0 radical (unpaired) electrons. The first-order valence-electron chi connectivity index (χ1n) is 10.9. The number of amides is 2. The number of phenols is 1. The zero-order valence-electron chi connectivity index (χ0n) is 18.2. The Labute approximate surface area is 197 Å². The van der Waals surface area contributed by atoms with Crippen molar-refractivity contribution < 1.29 is 44.1 Å². The second-order valence-corrected chi connectivity index (χ2v) is 9.03. The lowest BCUT2D eigenvalue weighted by Gasteiger charge is -2.46. The SMILES string of the molecule is NC(=O)C1C(=O)C[C@@H]2C[C@@H]3Cc4c(NC(=O)C5=CCON5)ccc(O)c4C(O)=C3C(=O)[C@]2(O)C1=O. The Balaban J connectivity index is 1.58. The van der Waals surface area contributed by atoms with Gasteiger partial charge in [0.2, 0.25) is 11.7 Å². The van der Waals surface area contributed by atoms with E-state index in [2.05, 4.69) is 10.8 Å². The van der Waals surface area contributed by atoms with Gasteiger partial charge in [0.1, 0.15) is 17.2 Å². The summed E-state index contributed by atoms with van der Waals surface area (Å²) >= 11 is 0. The van der Waals surface area contributed by atoms with Gasteiger partial charge >= 0.3 is 0 Å². The average Bonchev–Trinajstić information content (AvgIpc) is 3.33. The van der Waals surface area contributed by atoms with Crippen molar-refractivity contribution in [1.82, 2.24) is 5.48 Å². The smallest absolute Gasteiger partial charge is 0.273 e. The van der Waals surface area contributed by atoms with Crippen LogP contribution in [0.3, 0.4) is 0 Å². The molecule has 7 N–H and O–H groups in total. The Hall–Kier alpha value is -4.03. The van der Waals surface area contributed by atoms with Crippen molar-refractivity contribution in [2.75, 3.05) is 11.9 Å². The van der Waals surface area contributed by atoms with Crippen molar-refractivity contribution in [3.8, 4) is 5.75 Å². The minimum absolute atomic E-state index is 0.0341. The molecule has 1 aliphatic heterocycles. The molecule has 12 nitrogen and oxygen atoms in total. The number of nitrogens with one attached hydrogen (secondary N) is 2. The van der Waals surface area contributed by atoms with Crippen LogP contribution in [-0.4, -0.2) is 56.7 Å². The van der Waals surface area contributed by atoms with Gasteiger partial charge in [0, 0.05) is 23.6 Å². The molecule has 2 fully saturated rings. The third-order valence-electron chi connectivity index (χ3n) is 7.13. The molecule has 0 saturated heterocycles. The summed E-state index contributed by atoms with van der Waals surface area (Å²) in [5.41, 5.74) is 5.29. The molecule has 4 aliphatic rings. The van der Waals surface area contributed by atoms with Crippen LogP contribution < -0.4 is 16.5 Å². The maximum atomic E-state index is 13.4. The minimum atomic E-state index is -2.70. The summed E-state index contributed by atoms with van der Waals surface area (Å²) in [6.07, 6.45) is 1.13. The van der Waals surface area contributed by atoms with Gasteiger partial charge in [0.25, 0.3) is 5.91 Å². The van der Waals surface area contributed by atoms with Gasteiger partial charge in [-0.1, -0.05) is 0 Å². The van der Waals surface area contributed by atoms with Crippen LogP contribution in [-0.2, 0) is 35.2 Å². The quantitative estimate of drug-likeness (QED) is 0.232. The van der Waals surface area contributed by atoms with Crippen molar-refractivity contribution in [1.29, 1.82) is 0 Å². The zero-order valence-corrected chi connectivity index (χ0v) is 18.2. The van der Waals surface area contributed by atoms with Crippen LogP contribution >= 0.6 is 0 Å². The minimum Gasteiger partial charge on any atom is -0.507 e. The standard InChI is InChI=1S/C23H21N3O9/c24-21(32)17-14(28)7-9-5-8-6-10-11(25-22(33)12-3-4-35-26-12)1-2-13(27)16(10)18(29)15(8)19(30)23(9,34)20(17)31/h1-3,8-9,17,26-27,29,34H,4-7H2,(H2,24,32)(H,25,33)/t8-,9+,17?,23+/m1/s1. The molecule has 1 unspecified atom stereocenters. The van der Waals surface area contributed by atoms with Crippen LogP contribution in [0.25, 0.3) is 5.76 Å².